The zero-order valence-electron chi connectivity index (χ0n) is 17.2. The Balaban J connectivity index is 2.03. The van der Waals surface area contributed by atoms with E-state index in [9.17, 15) is 9.59 Å². The lowest BCUT2D eigenvalue weighted by Crippen LogP contribution is -2.55. The fourth-order valence-electron chi connectivity index (χ4n) is 3.45. The molecule has 0 spiro atoms. The van der Waals surface area contributed by atoms with Crippen molar-refractivity contribution in [3.05, 3.63) is 41.7 Å². The number of rotatable bonds is 10. The van der Waals surface area contributed by atoms with Crippen molar-refractivity contribution < 1.29 is 14.3 Å². The number of carbonyl (C=O) groups is 2. The Bertz CT molecular complexity index is 676. The standard InChI is InChI=1S/C23H33NO3/c1-5-6-7-8-9-13-16-20(25)23(3,4)24-17-27-18(2)21(22(24)26)19-14-11-10-12-15-19/h10-12,14-15H,5-9,13,16-17H2,1-4H3. The molecular weight excluding hydrogens is 338 g/mol. The first-order chi connectivity index (χ1) is 12.9. The van der Waals surface area contributed by atoms with Crippen LogP contribution in [-0.2, 0) is 14.3 Å². The molecule has 0 atom stereocenters. The van der Waals surface area contributed by atoms with Crippen LogP contribution in [0.5, 0.6) is 0 Å². The van der Waals surface area contributed by atoms with E-state index in [0.717, 1.165) is 18.4 Å². The third-order valence-electron chi connectivity index (χ3n) is 5.40. The number of ketones is 1. The fourth-order valence-corrected chi connectivity index (χ4v) is 3.45. The van der Waals surface area contributed by atoms with E-state index in [1.165, 1.54) is 25.7 Å². The molecular formula is C23H33NO3. The van der Waals surface area contributed by atoms with Gasteiger partial charge in [-0.25, -0.2) is 0 Å². The third-order valence-corrected chi connectivity index (χ3v) is 5.40. The number of amides is 1. The van der Waals surface area contributed by atoms with Crippen LogP contribution >= 0.6 is 0 Å². The molecule has 1 amide bonds. The number of hydrogen-bond acceptors (Lipinski definition) is 3. The number of ether oxygens (including phenoxy) is 1. The summed E-state index contributed by atoms with van der Waals surface area (Å²) in [5.74, 6) is 0.578. The highest BCUT2D eigenvalue weighted by Crippen LogP contribution is 2.31. The summed E-state index contributed by atoms with van der Waals surface area (Å²) < 4.78 is 5.77. The van der Waals surface area contributed by atoms with Gasteiger partial charge in [0, 0.05) is 6.42 Å². The van der Waals surface area contributed by atoms with E-state index in [1.54, 1.807) is 4.90 Å². The Morgan fingerprint density at radius 2 is 1.70 bits per heavy atom. The molecule has 0 N–H and O–H groups in total. The Kier molecular flexibility index (Phi) is 7.64. The van der Waals surface area contributed by atoms with Crippen molar-refractivity contribution in [3.63, 3.8) is 0 Å². The number of nitrogens with zero attached hydrogens (tertiary/aromatic N) is 1. The first kappa shape index (κ1) is 21.2. The predicted octanol–water partition coefficient (Wildman–Crippen LogP) is 5.33. The molecule has 2 rings (SSSR count). The minimum atomic E-state index is -0.874. The minimum Gasteiger partial charge on any atom is -0.477 e. The van der Waals surface area contributed by atoms with E-state index >= 15 is 0 Å². The van der Waals surface area contributed by atoms with Crippen molar-refractivity contribution in [2.24, 2.45) is 0 Å². The monoisotopic (exact) mass is 371 g/mol. The Morgan fingerprint density at radius 3 is 2.37 bits per heavy atom. The van der Waals surface area contributed by atoms with Gasteiger partial charge in [0.15, 0.2) is 12.5 Å². The number of Topliss-reactive ketones (excluding diaryl/α,β-unsaturated/α-hetero) is 1. The number of carbonyl (C=O) groups excluding carboxylic acids is 2. The van der Waals surface area contributed by atoms with Crippen LogP contribution in [0.25, 0.3) is 5.57 Å². The smallest absolute Gasteiger partial charge is 0.261 e. The average Bonchev–Trinajstić information content (AvgIpc) is 2.65. The van der Waals surface area contributed by atoms with Crippen LogP contribution in [0.2, 0.25) is 0 Å². The van der Waals surface area contributed by atoms with Crippen LogP contribution in [0.3, 0.4) is 0 Å². The highest BCUT2D eigenvalue weighted by molar-refractivity contribution is 6.21. The maximum Gasteiger partial charge on any atom is 0.261 e. The zero-order valence-corrected chi connectivity index (χ0v) is 17.2. The molecule has 0 saturated heterocycles. The van der Waals surface area contributed by atoms with Gasteiger partial charge in [-0.1, -0.05) is 69.4 Å². The van der Waals surface area contributed by atoms with E-state index < -0.39 is 5.54 Å². The SMILES string of the molecule is CCCCCCCCC(=O)C(C)(C)N1COC(C)=C(c2ccccc2)C1=O. The van der Waals surface area contributed by atoms with Gasteiger partial charge in [0.2, 0.25) is 0 Å². The Labute approximate surface area is 163 Å². The molecule has 0 aromatic heterocycles. The molecule has 0 aliphatic carbocycles. The first-order valence-electron chi connectivity index (χ1n) is 10.1. The van der Waals surface area contributed by atoms with Crippen LogP contribution in [0.4, 0.5) is 0 Å². The molecule has 0 saturated carbocycles. The van der Waals surface area contributed by atoms with Gasteiger partial charge in [-0.2, -0.15) is 0 Å². The molecule has 0 fully saturated rings. The van der Waals surface area contributed by atoms with E-state index in [0.29, 0.717) is 17.8 Å². The van der Waals surface area contributed by atoms with Gasteiger partial charge in [-0.3, -0.25) is 14.5 Å². The molecule has 1 aliphatic rings. The van der Waals surface area contributed by atoms with Crippen molar-refractivity contribution >= 4 is 17.3 Å². The maximum atomic E-state index is 13.2. The topological polar surface area (TPSA) is 46.6 Å². The van der Waals surface area contributed by atoms with Crippen molar-refractivity contribution in [2.75, 3.05) is 6.73 Å². The molecule has 0 radical (unpaired) electrons. The summed E-state index contributed by atoms with van der Waals surface area (Å²) in [6.07, 6.45) is 7.35. The summed E-state index contributed by atoms with van der Waals surface area (Å²) in [4.78, 5) is 27.6. The van der Waals surface area contributed by atoms with Gasteiger partial charge in [-0.15, -0.1) is 0 Å². The lowest BCUT2D eigenvalue weighted by molar-refractivity contribution is -0.148. The van der Waals surface area contributed by atoms with Gasteiger partial charge in [-0.05, 0) is 32.8 Å². The van der Waals surface area contributed by atoms with Gasteiger partial charge < -0.3 is 4.74 Å². The van der Waals surface area contributed by atoms with Gasteiger partial charge >= 0.3 is 0 Å². The third kappa shape index (κ3) is 5.21. The van der Waals surface area contributed by atoms with Crippen molar-refractivity contribution in [1.82, 2.24) is 4.90 Å². The maximum absolute atomic E-state index is 13.2. The molecule has 4 heteroatoms. The highest BCUT2D eigenvalue weighted by atomic mass is 16.5. The van der Waals surface area contributed by atoms with E-state index in [2.05, 4.69) is 6.92 Å². The molecule has 148 valence electrons. The summed E-state index contributed by atoms with van der Waals surface area (Å²) >= 11 is 0. The molecule has 1 aliphatic heterocycles. The summed E-state index contributed by atoms with van der Waals surface area (Å²) in [5, 5.41) is 0. The highest BCUT2D eigenvalue weighted by Gasteiger charge is 2.41. The molecule has 1 heterocycles. The second kappa shape index (κ2) is 9.72. The average molecular weight is 372 g/mol. The van der Waals surface area contributed by atoms with Gasteiger partial charge in [0.1, 0.15) is 5.76 Å². The van der Waals surface area contributed by atoms with Gasteiger partial charge in [0.05, 0.1) is 11.1 Å². The summed E-state index contributed by atoms with van der Waals surface area (Å²) in [6, 6.07) is 9.51. The Morgan fingerprint density at radius 1 is 1.07 bits per heavy atom. The number of benzene rings is 1. The lowest BCUT2D eigenvalue weighted by Gasteiger charge is -2.40. The lowest BCUT2D eigenvalue weighted by atomic mass is 9.90. The van der Waals surface area contributed by atoms with E-state index in [4.69, 9.17) is 4.74 Å². The normalized spacial score (nSPS) is 15.1. The fraction of sp³-hybridized carbons (Fsp3) is 0.565. The predicted molar refractivity (Wildman–Crippen MR) is 109 cm³/mol. The van der Waals surface area contributed by atoms with Crippen molar-refractivity contribution in [2.45, 2.75) is 78.2 Å². The second-order valence-corrected chi connectivity index (χ2v) is 7.80. The van der Waals surface area contributed by atoms with Crippen LogP contribution in [0.1, 0.15) is 78.2 Å². The molecule has 4 nitrogen and oxygen atoms in total. The van der Waals surface area contributed by atoms with Crippen LogP contribution < -0.4 is 0 Å². The summed E-state index contributed by atoms with van der Waals surface area (Å²) in [7, 11) is 0. The van der Waals surface area contributed by atoms with Crippen LogP contribution in [0.15, 0.2) is 36.1 Å². The van der Waals surface area contributed by atoms with Crippen molar-refractivity contribution in [1.29, 1.82) is 0 Å². The number of unbranched alkanes of at least 4 members (excludes halogenated alkanes) is 5. The van der Waals surface area contributed by atoms with Crippen molar-refractivity contribution in [3.8, 4) is 0 Å². The molecule has 1 aromatic carbocycles. The molecule has 0 bridgehead atoms. The van der Waals surface area contributed by atoms with E-state index in [1.807, 2.05) is 51.1 Å². The van der Waals surface area contributed by atoms with E-state index in [-0.39, 0.29) is 18.4 Å². The quantitative estimate of drug-likeness (QED) is 0.522. The molecule has 1 aromatic rings. The van der Waals surface area contributed by atoms with Crippen LogP contribution in [-0.4, -0.2) is 28.9 Å². The summed E-state index contributed by atoms with van der Waals surface area (Å²) in [5.41, 5.74) is 0.493. The number of hydrogen-bond donors (Lipinski definition) is 0. The summed E-state index contributed by atoms with van der Waals surface area (Å²) in [6.45, 7) is 7.79. The largest absolute Gasteiger partial charge is 0.477 e. The molecule has 0 unspecified atom stereocenters. The van der Waals surface area contributed by atoms with Gasteiger partial charge in [0.25, 0.3) is 5.91 Å². The van der Waals surface area contributed by atoms with Crippen LogP contribution in [0, 0.1) is 0 Å². The number of allylic oxidation sites excluding steroid dienone is 1. The zero-order chi connectivity index (χ0) is 19.9. The second-order valence-electron chi connectivity index (χ2n) is 7.80. The minimum absolute atomic E-state index is 0.0990. The Hall–Kier alpha value is -2.10. The molecule has 27 heavy (non-hydrogen) atoms. The first-order valence-corrected chi connectivity index (χ1v) is 10.1.